The van der Waals surface area contributed by atoms with Gasteiger partial charge in [-0.2, -0.15) is 0 Å². The third-order valence-corrected chi connectivity index (χ3v) is 4.68. The van der Waals surface area contributed by atoms with E-state index < -0.39 is 0 Å². The summed E-state index contributed by atoms with van der Waals surface area (Å²) in [6.07, 6.45) is 8.53. The predicted molar refractivity (Wildman–Crippen MR) is 81.2 cm³/mol. The lowest BCUT2D eigenvalue weighted by atomic mass is 9.85. The van der Waals surface area contributed by atoms with Crippen LogP contribution in [0.4, 0.5) is 0 Å². The van der Waals surface area contributed by atoms with Crippen molar-refractivity contribution in [3.05, 3.63) is 0 Å². The fraction of sp³-hybridized carbons (Fsp3) is 0.812. The average molecular weight is 277 g/mol. The van der Waals surface area contributed by atoms with Crippen molar-refractivity contribution in [1.82, 2.24) is 15.1 Å². The van der Waals surface area contributed by atoms with Gasteiger partial charge in [-0.1, -0.05) is 12.8 Å². The molecule has 1 amide bonds. The van der Waals surface area contributed by atoms with Gasteiger partial charge in [0.25, 0.3) is 0 Å². The molecule has 2 atom stereocenters. The van der Waals surface area contributed by atoms with Crippen LogP contribution in [0.3, 0.4) is 0 Å². The first-order chi connectivity index (χ1) is 9.70. The van der Waals surface area contributed by atoms with Gasteiger partial charge in [0.05, 0.1) is 6.54 Å². The minimum absolute atomic E-state index is 0.323. The van der Waals surface area contributed by atoms with Gasteiger partial charge >= 0.3 is 0 Å². The summed E-state index contributed by atoms with van der Waals surface area (Å²) in [5.74, 6) is 4.14. The minimum Gasteiger partial charge on any atom is -0.340 e. The first-order valence-electron chi connectivity index (χ1n) is 7.85. The van der Waals surface area contributed by atoms with Crippen molar-refractivity contribution < 1.29 is 4.79 Å². The molecule has 20 heavy (non-hydrogen) atoms. The Balaban J connectivity index is 1.73. The summed E-state index contributed by atoms with van der Waals surface area (Å²) in [6.45, 7) is 8.62. The van der Waals surface area contributed by atoms with Crippen molar-refractivity contribution in [3.8, 4) is 12.3 Å². The molecule has 2 rings (SSSR count). The SMILES string of the molecule is C#CCN1CCN(C(=O)CC(C)C2CCCNC2)CC1. The number of piperazine rings is 1. The highest BCUT2D eigenvalue weighted by Crippen LogP contribution is 2.23. The number of nitrogens with one attached hydrogen (secondary N) is 1. The Morgan fingerprint density at radius 1 is 1.40 bits per heavy atom. The van der Waals surface area contributed by atoms with Crippen LogP contribution in [0.2, 0.25) is 0 Å². The average Bonchev–Trinajstić information content (AvgIpc) is 2.49. The maximum atomic E-state index is 12.4. The van der Waals surface area contributed by atoms with Crippen LogP contribution >= 0.6 is 0 Å². The maximum absolute atomic E-state index is 12.4. The lowest BCUT2D eigenvalue weighted by Gasteiger charge is -2.35. The molecule has 0 aromatic carbocycles. The number of piperidine rings is 1. The van der Waals surface area contributed by atoms with Gasteiger partial charge in [-0.25, -0.2) is 0 Å². The number of amides is 1. The van der Waals surface area contributed by atoms with Crippen LogP contribution in [-0.4, -0.2) is 61.5 Å². The van der Waals surface area contributed by atoms with Gasteiger partial charge in [0.15, 0.2) is 0 Å². The summed E-state index contributed by atoms with van der Waals surface area (Å²) in [6, 6.07) is 0. The molecule has 2 heterocycles. The van der Waals surface area contributed by atoms with Gasteiger partial charge in [0.2, 0.25) is 5.91 Å². The number of hydrogen-bond donors (Lipinski definition) is 1. The summed E-state index contributed by atoms with van der Waals surface area (Å²) in [5.41, 5.74) is 0. The van der Waals surface area contributed by atoms with E-state index >= 15 is 0 Å². The van der Waals surface area contributed by atoms with E-state index in [1.165, 1.54) is 12.8 Å². The van der Waals surface area contributed by atoms with Crippen molar-refractivity contribution in [1.29, 1.82) is 0 Å². The molecular weight excluding hydrogens is 250 g/mol. The summed E-state index contributed by atoms with van der Waals surface area (Å²) < 4.78 is 0. The van der Waals surface area contributed by atoms with Gasteiger partial charge in [-0.3, -0.25) is 9.69 Å². The minimum atomic E-state index is 0.323. The molecule has 112 valence electrons. The Morgan fingerprint density at radius 3 is 2.75 bits per heavy atom. The molecule has 2 aliphatic rings. The van der Waals surface area contributed by atoms with Crippen LogP contribution in [0.5, 0.6) is 0 Å². The fourth-order valence-corrected chi connectivity index (χ4v) is 3.22. The molecule has 2 fully saturated rings. The molecule has 2 aliphatic heterocycles. The van der Waals surface area contributed by atoms with Crippen molar-refractivity contribution in [2.75, 3.05) is 45.8 Å². The Bertz CT molecular complexity index is 349. The summed E-state index contributed by atoms with van der Waals surface area (Å²) in [5, 5.41) is 3.44. The molecule has 2 unspecified atom stereocenters. The smallest absolute Gasteiger partial charge is 0.222 e. The maximum Gasteiger partial charge on any atom is 0.222 e. The monoisotopic (exact) mass is 277 g/mol. The predicted octanol–water partition coefficient (Wildman–Crippen LogP) is 0.790. The first-order valence-corrected chi connectivity index (χ1v) is 7.85. The number of hydrogen-bond acceptors (Lipinski definition) is 3. The van der Waals surface area contributed by atoms with Gasteiger partial charge < -0.3 is 10.2 Å². The molecule has 4 heteroatoms. The second kappa shape index (κ2) is 7.66. The van der Waals surface area contributed by atoms with E-state index in [0.29, 0.717) is 30.7 Å². The van der Waals surface area contributed by atoms with E-state index in [0.717, 1.165) is 39.3 Å². The molecule has 1 N–H and O–H groups in total. The number of terminal acetylenes is 1. The Labute approximate surface area is 122 Å². The lowest BCUT2D eigenvalue weighted by Crippen LogP contribution is -2.49. The highest BCUT2D eigenvalue weighted by Gasteiger charge is 2.26. The highest BCUT2D eigenvalue weighted by molar-refractivity contribution is 5.76. The molecule has 0 spiro atoms. The summed E-state index contributed by atoms with van der Waals surface area (Å²) in [4.78, 5) is 16.6. The number of rotatable bonds is 4. The van der Waals surface area contributed by atoms with Crippen molar-refractivity contribution in [2.45, 2.75) is 26.2 Å². The molecule has 0 radical (unpaired) electrons. The Morgan fingerprint density at radius 2 is 2.15 bits per heavy atom. The van der Waals surface area contributed by atoms with Crippen molar-refractivity contribution >= 4 is 5.91 Å². The summed E-state index contributed by atoms with van der Waals surface area (Å²) >= 11 is 0. The van der Waals surface area contributed by atoms with Crippen molar-refractivity contribution in [3.63, 3.8) is 0 Å². The van der Waals surface area contributed by atoms with Gasteiger partial charge in [0.1, 0.15) is 0 Å². The number of nitrogens with zero attached hydrogens (tertiary/aromatic N) is 2. The molecule has 0 saturated carbocycles. The normalized spacial score (nSPS) is 26.0. The molecule has 0 aromatic heterocycles. The van der Waals surface area contributed by atoms with E-state index in [1.54, 1.807) is 0 Å². The van der Waals surface area contributed by atoms with Crippen molar-refractivity contribution in [2.24, 2.45) is 11.8 Å². The van der Waals surface area contributed by atoms with E-state index in [-0.39, 0.29) is 0 Å². The zero-order valence-corrected chi connectivity index (χ0v) is 12.6. The first kappa shape index (κ1) is 15.3. The molecular formula is C16H27N3O. The summed E-state index contributed by atoms with van der Waals surface area (Å²) in [7, 11) is 0. The van der Waals surface area contributed by atoms with Crippen LogP contribution < -0.4 is 5.32 Å². The van der Waals surface area contributed by atoms with E-state index in [4.69, 9.17) is 6.42 Å². The van der Waals surface area contributed by atoms with Crippen LogP contribution in [0.15, 0.2) is 0 Å². The van der Waals surface area contributed by atoms with Crippen LogP contribution in [0, 0.1) is 24.2 Å². The third kappa shape index (κ3) is 4.22. The molecule has 2 saturated heterocycles. The molecule has 0 bridgehead atoms. The zero-order valence-electron chi connectivity index (χ0n) is 12.6. The second-order valence-corrected chi connectivity index (χ2v) is 6.15. The topological polar surface area (TPSA) is 35.6 Å². The van der Waals surface area contributed by atoms with E-state index in [2.05, 4.69) is 23.1 Å². The Hall–Kier alpha value is -1.05. The van der Waals surface area contributed by atoms with E-state index in [9.17, 15) is 4.79 Å². The molecule has 0 aliphatic carbocycles. The van der Waals surface area contributed by atoms with Gasteiger partial charge in [-0.15, -0.1) is 6.42 Å². The Kier molecular flexibility index (Phi) is 5.87. The van der Waals surface area contributed by atoms with E-state index in [1.807, 2.05) is 4.90 Å². The van der Waals surface area contributed by atoms with Gasteiger partial charge in [0, 0.05) is 32.6 Å². The van der Waals surface area contributed by atoms with Crippen LogP contribution in [0.25, 0.3) is 0 Å². The standard InChI is InChI=1S/C16H27N3O/c1-3-7-18-8-10-19(11-9-18)16(20)12-14(2)15-5-4-6-17-13-15/h1,14-15,17H,4-13H2,2H3. The molecule has 0 aromatic rings. The number of carbonyl (C=O) groups is 1. The highest BCUT2D eigenvalue weighted by atomic mass is 16.2. The van der Waals surface area contributed by atoms with Gasteiger partial charge in [-0.05, 0) is 37.8 Å². The van der Waals surface area contributed by atoms with Crippen LogP contribution in [0.1, 0.15) is 26.2 Å². The second-order valence-electron chi connectivity index (χ2n) is 6.15. The largest absolute Gasteiger partial charge is 0.340 e. The lowest BCUT2D eigenvalue weighted by molar-refractivity contribution is -0.134. The quantitative estimate of drug-likeness (QED) is 0.772. The zero-order chi connectivity index (χ0) is 14.4. The third-order valence-electron chi connectivity index (χ3n) is 4.68. The number of carbonyl (C=O) groups excluding carboxylic acids is 1. The fourth-order valence-electron chi connectivity index (χ4n) is 3.22. The van der Waals surface area contributed by atoms with Crippen LogP contribution in [-0.2, 0) is 4.79 Å². The molecule has 4 nitrogen and oxygen atoms in total.